The quantitative estimate of drug-likeness (QED) is 0.879. The van der Waals surface area contributed by atoms with Crippen molar-refractivity contribution in [2.75, 3.05) is 0 Å². The number of aromatic amines is 1. The number of pyridine rings is 1. The molecule has 0 unspecified atom stereocenters. The molecule has 0 saturated carbocycles. The van der Waals surface area contributed by atoms with Crippen molar-refractivity contribution in [1.29, 1.82) is 0 Å². The molecule has 2 aromatic heterocycles. The van der Waals surface area contributed by atoms with Crippen LogP contribution in [0.2, 0.25) is 0 Å². The van der Waals surface area contributed by atoms with Gasteiger partial charge in [0.15, 0.2) is 15.8 Å². The van der Waals surface area contributed by atoms with Gasteiger partial charge >= 0.3 is 6.18 Å². The van der Waals surface area contributed by atoms with Crippen molar-refractivity contribution >= 4 is 21.6 Å². The van der Waals surface area contributed by atoms with E-state index in [4.69, 9.17) is 0 Å². The second kappa shape index (κ2) is 3.86. The van der Waals surface area contributed by atoms with Gasteiger partial charge in [0, 0.05) is 12.3 Å². The molecule has 0 spiro atoms. The van der Waals surface area contributed by atoms with Crippen LogP contribution in [0.15, 0.2) is 21.8 Å². The molecule has 17 heavy (non-hydrogen) atoms. The van der Waals surface area contributed by atoms with Crippen molar-refractivity contribution in [1.82, 2.24) is 14.6 Å². The summed E-state index contributed by atoms with van der Waals surface area (Å²) in [6.45, 7) is 0.944. The maximum atomic E-state index is 12.7. The van der Waals surface area contributed by atoms with E-state index in [2.05, 4.69) is 26.0 Å². The largest absolute Gasteiger partial charge is 0.395 e. The van der Waals surface area contributed by atoms with Crippen LogP contribution in [-0.4, -0.2) is 20.8 Å². The highest BCUT2D eigenvalue weighted by molar-refractivity contribution is 9.10. The van der Waals surface area contributed by atoms with E-state index in [1.165, 1.54) is 10.7 Å². The van der Waals surface area contributed by atoms with Gasteiger partial charge in [-0.2, -0.15) is 13.2 Å². The number of alkyl halides is 3. The van der Waals surface area contributed by atoms with Crippen LogP contribution in [0.4, 0.5) is 13.2 Å². The molecule has 92 valence electrons. The average molecular weight is 310 g/mol. The Morgan fingerprint density at radius 2 is 2.18 bits per heavy atom. The van der Waals surface area contributed by atoms with Gasteiger partial charge in [0.05, 0.1) is 11.5 Å². The predicted octanol–water partition coefficient (Wildman–Crippen LogP) is 2.45. The summed E-state index contributed by atoms with van der Waals surface area (Å²) in [6.07, 6.45) is -3.14. The number of halogens is 4. The standard InChI is InChI=1S/C9H7BrF3N3O/c1-4(9(11,12)13)6-5(17)2-3-16-7(6)14-8(10)15-16/h2-4H,1H3,(H,14,15)/t4-/m0/s1. The van der Waals surface area contributed by atoms with Gasteiger partial charge in [-0.1, -0.05) is 0 Å². The first kappa shape index (κ1) is 12.2. The monoisotopic (exact) mass is 309 g/mol. The van der Waals surface area contributed by atoms with Gasteiger partial charge < -0.3 is 0 Å². The minimum absolute atomic E-state index is 0.0193. The molecule has 0 aliphatic carbocycles. The number of hydrogen-bond donors (Lipinski definition) is 1. The Kier molecular flexibility index (Phi) is 2.76. The lowest BCUT2D eigenvalue weighted by atomic mass is 10.0. The van der Waals surface area contributed by atoms with Crippen LogP contribution >= 0.6 is 15.9 Å². The molecular formula is C9H7BrF3N3O. The Hall–Kier alpha value is -1.31. The maximum Gasteiger partial charge on any atom is 0.395 e. The Morgan fingerprint density at radius 1 is 1.53 bits per heavy atom. The number of nitrogens with one attached hydrogen (secondary N) is 1. The van der Waals surface area contributed by atoms with Crippen LogP contribution < -0.4 is 5.43 Å². The van der Waals surface area contributed by atoms with E-state index >= 15 is 0 Å². The van der Waals surface area contributed by atoms with E-state index in [1.807, 2.05) is 0 Å². The van der Waals surface area contributed by atoms with Gasteiger partial charge in [-0.3, -0.25) is 9.89 Å². The Balaban J connectivity index is 2.75. The molecule has 1 atom stereocenters. The fourth-order valence-corrected chi connectivity index (χ4v) is 1.89. The molecule has 0 amide bonds. The normalized spacial score (nSPS) is 14.2. The van der Waals surface area contributed by atoms with Crippen LogP contribution in [0.25, 0.3) is 5.65 Å². The molecule has 0 bridgehead atoms. The molecule has 0 aromatic carbocycles. The smallest absolute Gasteiger partial charge is 0.289 e. The fraction of sp³-hybridized carbons (Fsp3) is 0.333. The third-order valence-electron chi connectivity index (χ3n) is 2.45. The summed E-state index contributed by atoms with van der Waals surface area (Å²) in [5.74, 6) is -1.86. The lowest BCUT2D eigenvalue weighted by Gasteiger charge is -2.15. The van der Waals surface area contributed by atoms with Crippen LogP contribution in [0.3, 0.4) is 0 Å². The summed E-state index contributed by atoms with van der Waals surface area (Å²) in [4.78, 5) is 15.4. The Bertz CT molecular complexity index is 616. The first-order valence-corrected chi connectivity index (χ1v) is 5.43. The summed E-state index contributed by atoms with van der Waals surface area (Å²) < 4.78 is 39.5. The van der Waals surface area contributed by atoms with E-state index < -0.39 is 17.5 Å². The molecule has 2 rings (SSSR count). The second-order valence-corrected chi connectivity index (χ2v) is 4.32. The number of fused-ring (bicyclic) bond motifs is 1. The molecule has 1 N–H and O–H groups in total. The van der Waals surface area contributed by atoms with Crippen LogP contribution in [0.1, 0.15) is 18.4 Å². The van der Waals surface area contributed by atoms with Gasteiger partial charge in [-0.05, 0) is 22.9 Å². The highest BCUT2D eigenvalue weighted by atomic mass is 79.9. The lowest BCUT2D eigenvalue weighted by Crippen LogP contribution is -2.24. The highest BCUT2D eigenvalue weighted by Crippen LogP contribution is 2.34. The average Bonchev–Trinajstić information content (AvgIpc) is 2.56. The third-order valence-corrected chi connectivity index (χ3v) is 2.80. The zero-order valence-electron chi connectivity index (χ0n) is 8.55. The van der Waals surface area contributed by atoms with Gasteiger partial charge in [-0.25, -0.2) is 9.50 Å². The Labute approximate surface area is 102 Å². The number of rotatable bonds is 1. The highest BCUT2D eigenvalue weighted by Gasteiger charge is 2.39. The molecule has 0 radical (unpaired) electrons. The van der Waals surface area contributed by atoms with Crippen molar-refractivity contribution in [3.63, 3.8) is 0 Å². The second-order valence-electron chi connectivity index (χ2n) is 3.56. The fourth-order valence-electron chi connectivity index (χ4n) is 1.53. The Morgan fingerprint density at radius 3 is 2.76 bits per heavy atom. The zero-order valence-corrected chi connectivity index (χ0v) is 10.1. The van der Waals surface area contributed by atoms with E-state index in [9.17, 15) is 18.0 Å². The molecule has 8 heteroatoms. The first-order valence-electron chi connectivity index (χ1n) is 4.64. The topological polar surface area (TPSA) is 50.2 Å². The number of aromatic nitrogens is 3. The van der Waals surface area contributed by atoms with Gasteiger partial charge in [0.25, 0.3) is 0 Å². The lowest BCUT2D eigenvalue weighted by molar-refractivity contribution is -0.146. The predicted molar refractivity (Wildman–Crippen MR) is 58.0 cm³/mol. The van der Waals surface area contributed by atoms with Crippen molar-refractivity contribution in [2.24, 2.45) is 0 Å². The van der Waals surface area contributed by atoms with E-state index in [0.29, 0.717) is 0 Å². The summed E-state index contributed by atoms with van der Waals surface area (Å²) in [5, 5.41) is 2.65. The van der Waals surface area contributed by atoms with Crippen LogP contribution in [0.5, 0.6) is 0 Å². The molecule has 4 nitrogen and oxygen atoms in total. The number of H-pyrrole nitrogens is 1. The van der Waals surface area contributed by atoms with Crippen molar-refractivity contribution in [3.8, 4) is 0 Å². The molecule has 0 fully saturated rings. The van der Waals surface area contributed by atoms with Crippen molar-refractivity contribution in [2.45, 2.75) is 19.0 Å². The minimum Gasteiger partial charge on any atom is -0.289 e. The molecule has 0 aliphatic rings. The van der Waals surface area contributed by atoms with Crippen LogP contribution in [0, 0.1) is 0 Å². The van der Waals surface area contributed by atoms with Gasteiger partial charge in [0.2, 0.25) is 0 Å². The summed E-state index contributed by atoms with van der Waals surface area (Å²) >= 11 is 3.01. The third kappa shape index (κ3) is 2.08. The van der Waals surface area contributed by atoms with Crippen LogP contribution in [-0.2, 0) is 0 Å². The van der Waals surface area contributed by atoms with Crippen molar-refractivity contribution < 1.29 is 13.2 Å². The summed E-state index contributed by atoms with van der Waals surface area (Å²) in [7, 11) is 0. The number of hydrogen-bond acceptors (Lipinski definition) is 2. The van der Waals surface area contributed by atoms with Crippen molar-refractivity contribution in [3.05, 3.63) is 32.8 Å². The summed E-state index contributed by atoms with van der Waals surface area (Å²) in [6, 6.07) is 1.08. The number of nitrogens with zero attached hydrogens (tertiary/aromatic N) is 2. The minimum atomic E-state index is -4.47. The SMILES string of the molecule is C[C@@H](c1c(=O)ccn2[nH]c(Br)nc12)C(F)(F)F. The maximum absolute atomic E-state index is 12.7. The van der Waals surface area contributed by atoms with Gasteiger partial charge in [-0.15, -0.1) is 0 Å². The zero-order chi connectivity index (χ0) is 12.8. The van der Waals surface area contributed by atoms with E-state index in [-0.39, 0.29) is 15.9 Å². The molecule has 0 saturated heterocycles. The molecular weight excluding hydrogens is 303 g/mol. The molecule has 2 heterocycles. The van der Waals surface area contributed by atoms with E-state index in [0.717, 1.165) is 13.0 Å². The molecule has 0 aliphatic heterocycles. The van der Waals surface area contributed by atoms with E-state index in [1.54, 1.807) is 0 Å². The molecule has 2 aromatic rings. The first-order chi connectivity index (χ1) is 7.80. The van der Waals surface area contributed by atoms with Gasteiger partial charge in [0.1, 0.15) is 0 Å². The summed E-state index contributed by atoms with van der Waals surface area (Å²) in [5.41, 5.74) is -1.05.